The second-order valence-corrected chi connectivity index (χ2v) is 7.88. The van der Waals surface area contributed by atoms with Crippen LogP contribution in [0, 0.1) is 12.8 Å². The van der Waals surface area contributed by atoms with E-state index in [2.05, 4.69) is 4.72 Å². The number of ether oxygens (including phenoxy) is 1. The van der Waals surface area contributed by atoms with Gasteiger partial charge in [-0.1, -0.05) is 6.92 Å². The van der Waals surface area contributed by atoms with Crippen molar-refractivity contribution in [1.82, 2.24) is 4.31 Å². The van der Waals surface area contributed by atoms with Gasteiger partial charge in [0.25, 0.3) is 0 Å². The lowest BCUT2D eigenvalue weighted by atomic mass is 10.0. The quantitative estimate of drug-likeness (QED) is 0.858. The van der Waals surface area contributed by atoms with Gasteiger partial charge < -0.3 is 4.74 Å². The van der Waals surface area contributed by atoms with E-state index in [9.17, 15) is 13.2 Å². The van der Waals surface area contributed by atoms with Gasteiger partial charge in [-0.3, -0.25) is 4.72 Å². The zero-order chi connectivity index (χ0) is 15.6. The number of esters is 1. The maximum atomic E-state index is 12.5. The Bertz CT molecular complexity index is 624. The van der Waals surface area contributed by atoms with E-state index in [4.69, 9.17) is 4.74 Å². The third-order valence-electron chi connectivity index (χ3n) is 3.54. The Morgan fingerprint density at radius 1 is 1.52 bits per heavy atom. The van der Waals surface area contributed by atoms with Crippen molar-refractivity contribution in [3.63, 3.8) is 0 Å². The van der Waals surface area contributed by atoms with Gasteiger partial charge in [-0.25, -0.2) is 4.79 Å². The number of methoxy groups -OCH3 is 1. The molecule has 0 aromatic carbocycles. The molecule has 1 saturated heterocycles. The number of rotatable bonds is 4. The Morgan fingerprint density at radius 2 is 2.24 bits per heavy atom. The van der Waals surface area contributed by atoms with E-state index in [0.717, 1.165) is 12.8 Å². The smallest absolute Gasteiger partial charge is 0.350 e. The van der Waals surface area contributed by atoms with E-state index in [1.165, 1.54) is 22.8 Å². The Morgan fingerprint density at radius 3 is 2.86 bits per heavy atom. The first-order valence-corrected chi connectivity index (χ1v) is 9.11. The van der Waals surface area contributed by atoms with E-state index < -0.39 is 16.2 Å². The largest absolute Gasteiger partial charge is 0.465 e. The van der Waals surface area contributed by atoms with Crippen LogP contribution in [0.3, 0.4) is 0 Å². The fourth-order valence-electron chi connectivity index (χ4n) is 2.37. The first kappa shape index (κ1) is 16.3. The van der Waals surface area contributed by atoms with E-state index >= 15 is 0 Å². The lowest BCUT2D eigenvalue weighted by molar-refractivity contribution is 0.0607. The standard InChI is InChI=1S/C13H20N2O4S2/c1-9-5-4-6-15(7-9)21(17,18)14-11-10(2)8-20-12(11)13(16)19-3/h8-9,14H,4-7H2,1-3H3. The summed E-state index contributed by atoms with van der Waals surface area (Å²) in [6.07, 6.45) is 1.89. The molecule has 0 aliphatic carbocycles. The molecule has 2 rings (SSSR count). The summed E-state index contributed by atoms with van der Waals surface area (Å²) >= 11 is 1.18. The van der Waals surface area contributed by atoms with Crippen LogP contribution in [-0.2, 0) is 14.9 Å². The van der Waals surface area contributed by atoms with Crippen molar-refractivity contribution in [2.45, 2.75) is 26.7 Å². The zero-order valence-corrected chi connectivity index (χ0v) is 14.0. The van der Waals surface area contributed by atoms with Gasteiger partial charge in [0.15, 0.2) is 0 Å². The summed E-state index contributed by atoms with van der Waals surface area (Å²) in [7, 11) is -2.36. The summed E-state index contributed by atoms with van der Waals surface area (Å²) in [6, 6.07) is 0. The average molecular weight is 332 g/mol. The number of thiophene rings is 1. The summed E-state index contributed by atoms with van der Waals surface area (Å²) in [5, 5.41) is 1.74. The van der Waals surface area contributed by atoms with Crippen LogP contribution < -0.4 is 4.72 Å². The van der Waals surface area contributed by atoms with E-state index in [-0.39, 0.29) is 4.88 Å². The van der Waals surface area contributed by atoms with Crippen LogP contribution in [0.2, 0.25) is 0 Å². The van der Waals surface area contributed by atoms with Crippen LogP contribution in [0.25, 0.3) is 0 Å². The minimum absolute atomic E-state index is 0.281. The summed E-state index contributed by atoms with van der Waals surface area (Å²) in [6.45, 7) is 4.82. The molecule has 8 heteroatoms. The highest BCUT2D eigenvalue weighted by Crippen LogP contribution is 2.30. The van der Waals surface area contributed by atoms with Crippen molar-refractivity contribution in [2.24, 2.45) is 5.92 Å². The maximum absolute atomic E-state index is 12.5. The fourth-order valence-corrected chi connectivity index (χ4v) is 4.83. The molecule has 0 amide bonds. The van der Waals surface area contributed by atoms with Gasteiger partial charge in [0.05, 0.1) is 12.8 Å². The van der Waals surface area contributed by atoms with Gasteiger partial charge in [-0.05, 0) is 36.6 Å². The number of hydrogen-bond donors (Lipinski definition) is 1. The number of piperidine rings is 1. The molecular formula is C13H20N2O4S2. The molecule has 1 aromatic heterocycles. The lowest BCUT2D eigenvalue weighted by Crippen LogP contribution is -2.42. The van der Waals surface area contributed by atoms with Gasteiger partial charge in [0.1, 0.15) is 4.88 Å². The molecule has 1 fully saturated rings. The van der Waals surface area contributed by atoms with Crippen molar-refractivity contribution < 1.29 is 17.9 Å². The van der Waals surface area contributed by atoms with Gasteiger partial charge in [-0.2, -0.15) is 12.7 Å². The van der Waals surface area contributed by atoms with Crippen molar-refractivity contribution in [3.8, 4) is 0 Å². The number of anilines is 1. The highest BCUT2D eigenvalue weighted by molar-refractivity contribution is 7.90. The third kappa shape index (κ3) is 3.56. The van der Waals surface area contributed by atoms with Crippen LogP contribution in [0.15, 0.2) is 5.38 Å². The van der Waals surface area contributed by atoms with Crippen LogP contribution in [0.5, 0.6) is 0 Å². The lowest BCUT2D eigenvalue weighted by Gasteiger charge is -2.30. The highest BCUT2D eigenvalue weighted by Gasteiger charge is 2.29. The monoisotopic (exact) mass is 332 g/mol. The van der Waals surface area contributed by atoms with Crippen molar-refractivity contribution in [1.29, 1.82) is 0 Å². The average Bonchev–Trinajstić information content (AvgIpc) is 2.79. The van der Waals surface area contributed by atoms with Crippen LogP contribution >= 0.6 is 11.3 Å². The molecule has 0 spiro atoms. The number of carbonyl (C=O) groups is 1. The molecule has 6 nitrogen and oxygen atoms in total. The Balaban J connectivity index is 2.24. The topological polar surface area (TPSA) is 75.7 Å². The molecule has 1 N–H and O–H groups in total. The van der Waals surface area contributed by atoms with Crippen molar-refractivity contribution in [2.75, 3.05) is 24.9 Å². The molecular weight excluding hydrogens is 312 g/mol. The van der Waals surface area contributed by atoms with Gasteiger partial charge in [-0.15, -0.1) is 11.3 Å². The maximum Gasteiger partial charge on any atom is 0.350 e. The minimum Gasteiger partial charge on any atom is -0.465 e. The van der Waals surface area contributed by atoms with Crippen LogP contribution in [0.4, 0.5) is 5.69 Å². The molecule has 1 aromatic rings. The van der Waals surface area contributed by atoms with E-state index in [1.54, 1.807) is 12.3 Å². The molecule has 1 aliphatic rings. The normalized spacial score (nSPS) is 20.2. The number of hydrogen-bond acceptors (Lipinski definition) is 5. The molecule has 118 valence electrons. The molecule has 1 aliphatic heterocycles. The minimum atomic E-state index is -3.64. The second kappa shape index (κ2) is 6.33. The molecule has 2 heterocycles. The number of carbonyl (C=O) groups excluding carboxylic acids is 1. The van der Waals surface area contributed by atoms with Gasteiger partial charge >= 0.3 is 16.2 Å². The van der Waals surface area contributed by atoms with Crippen LogP contribution in [-0.4, -0.2) is 38.9 Å². The Labute approximate surface area is 129 Å². The molecule has 0 bridgehead atoms. The Hall–Kier alpha value is -1.12. The predicted octanol–water partition coefficient (Wildman–Crippen LogP) is 2.23. The molecule has 0 saturated carbocycles. The molecule has 0 radical (unpaired) electrons. The summed E-state index contributed by atoms with van der Waals surface area (Å²) in [5.74, 6) is -0.184. The number of nitrogens with one attached hydrogen (secondary N) is 1. The van der Waals surface area contributed by atoms with E-state index in [0.29, 0.717) is 30.3 Å². The third-order valence-corrected chi connectivity index (χ3v) is 6.09. The SMILES string of the molecule is COC(=O)c1scc(C)c1NS(=O)(=O)N1CCCC(C)C1. The Kier molecular flexibility index (Phi) is 4.90. The first-order valence-electron chi connectivity index (χ1n) is 6.79. The molecule has 1 unspecified atom stereocenters. The summed E-state index contributed by atoms with van der Waals surface area (Å²) in [4.78, 5) is 12.0. The van der Waals surface area contributed by atoms with Gasteiger partial charge in [0.2, 0.25) is 0 Å². The molecule has 1 atom stereocenters. The van der Waals surface area contributed by atoms with Crippen LogP contribution in [0.1, 0.15) is 35.0 Å². The zero-order valence-electron chi connectivity index (χ0n) is 12.4. The summed E-state index contributed by atoms with van der Waals surface area (Å²) < 4.78 is 33.6. The fraction of sp³-hybridized carbons (Fsp3) is 0.615. The first-order chi connectivity index (χ1) is 9.85. The predicted molar refractivity (Wildman–Crippen MR) is 82.9 cm³/mol. The van der Waals surface area contributed by atoms with E-state index in [1.807, 2.05) is 6.92 Å². The van der Waals surface area contributed by atoms with Gasteiger partial charge in [0, 0.05) is 13.1 Å². The van der Waals surface area contributed by atoms with Crippen molar-refractivity contribution in [3.05, 3.63) is 15.8 Å². The highest BCUT2D eigenvalue weighted by atomic mass is 32.2. The number of nitrogens with zero attached hydrogens (tertiary/aromatic N) is 1. The van der Waals surface area contributed by atoms with Crippen molar-refractivity contribution >= 4 is 33.2 Å². The second-order valence-electron chi connectivity index (χ2n) is 5.33. The molecule has 21 heavy (non-hydrogen) atoms. The summed E-state index contributed by atoms with van der Waals surface area (Å²) in [5.41, 5.74) is 1.04. The number of aryl methyl sites for hydroxylation is 1.